The maximum Gasteiger partial charge on any atom is 0.269 e. The summed E-state index contributed by atoms with van der Waals surface area (Å²) in [5, 5.41) is 16.0. The van der Waals surface area contributed by atoms with Crippen molar-refractivity contribution < 1.29 is 4.92 Å². The van der Waals surface area contributed by atoms with Gasteiger partial charge in [0.25, 0.3) is 5.69 Å². The van der Waals surface area contributed by atoms with Gasteiger partial charge in [0.1, 0.15) is 6.33 Å². The molecule has 1 aromatic heterocycles. The van der Waals surface area contributed by atoms with E-state index in [0.29, 0.717) is 12.5 Å². The Morgan fingerprint density at radius 2 is 1.75 bits per heavy atom. The fourth-order valence-electron chi connectivity index (χ4n) is 3.27. The van der Waals surface area contributed by atoms with Crippen LogP contribution in [-0.2, 0) is 6.67 Å². The summed E-state index contributed by atoms with van der Waals surface area (Å²) in [5.41, 5.74) is 1.89. The number of hydrogen-bond donors (Lipinski definition) is 0. The molecule has 0 aliphatic carbocycles. The summed E-state index contributed by atoms with van der Waals surface area (Å²) >= 11 is 6.30. The van der Waals surface area contributed by atoms with Crippen molar-refractivity contribution in [1.82, 2.24) is 19.7 Å². The van der Waals surface area contributed by atoms with Crippen LogP contribution in [0.1, 0.15) is 0 Å². The van der Waals surface area contributed by atoms with Crippen molar-refractivity contribution in [2.24, 2.45) is 0 Å². The van der Waals surface area contributed by atoms with Crippen LogP contribution in [0.4, 0.5) is 11.4 Å². The van der Waals surface area contributed by atoms with Gasteiger partial charge in [-0.05, 0) is 24.3 Å². The van der Waals surface area contributed by atoms with Crippen LogP contribution in [0.25, 0.3) is 11.4 Å². The highest BCUT2D eigenvalue weighted by Crippen LogP contribution is 2.26. The molecule has 2 heterocycles. The average molecular weight is 399 g/mol. The number of halogens is 1. The van der Waals surface area contributed by atoms with Crippen LogP contribution in [0, 0.1) is 10.1 Å². The van der Waals surface area contributed by atoms with Gasteiger partial charge in [0.05, 0.1) is 22.3 Å². The summed E-state index contributed by atoms with van der Waals surface area (Å²) in [6.07, 6.45) is 1.69. The van der Waals surface area contributed by atoms with Gasteiger partial charge in [0.2, 0.25) is 0 Å². The third-order valence-electron chi connectivity index (χ3n) is 4.78. The second-order valence-corrected chi connectivity index (χ2v) is 7.02. The van der Waals surface area contributed by atoms with Crippen molar-refractivity contribution in [1.29, 1.82) is 0 Å². The van der Waals surface area contributed by atoms with Crippen LogP contribution < -0.4 is 4.90 Å². The third-order valence-corrected chi connectivity index (χ3v) is 5.10. The topological polar surface area (TPSA) is 80.3 Å². The molecule has 9 heteroatoms. The molecule has 8 nitrogen and oxygen atoms in total. The number of hydrogen-bond acceptors (Lipinski definition) is 6. The highest BCUT2D eigenvalue weighted by atomic mass is 35.5. The summed E-state index contributed by atoms with van der Waals surface area (Å²) in [7, 11) is 0. The summed E-state index contributed by atoms with van der Waals surface area (Å²) < 4.78 is 1.79. The zero-order chi connectivity index (χ0) is 19.5. The lowest BCUT2D eigenvalue weighted by molar-refractivity contribution is -0.384. The average Bonchev–Trinajstić information content (AvgIpc) is 3.18. The zero-order valence-electron chi connectivity index (χ0n) is 15.1. The van der Waals surface area contributed by atoms with Crippen LogP contribution >= 0.6 is 11.6 Å². The van der Waals surface area contributed by atoms with Gasteiger partial charge in [0, 0.05) is 43.9 Å². The second kappa shape index (κ2) is 7.95. The molecule has 0 atom stereocenters. The number of benzene rings is 2. The fourth-order valence-corrected chi connectivity index (χ4v) is 3.53. The minimum Gasteiger partial charge on any atom is -0.368 e. The molecule has 4 rings (SSSR count). The maximum absolute atomic E-state index is 10.8. The normalized spacial score (nSPS) is 15.0. The van der Waals surface area contributed by atoms with Gasteiger partial charge in [-0.25, -0.2) is 9.67 Å². The number of nitro benzene ring substituents is 1. The predicted molar refractivity (Wildman–Crippen MR) is 107 cm³/mol. The number of aromatic nitrogens is 3. The Morgan fingerprint density at radius 1 is 1.04 bits per heavy atom. The Hall–Kier alpha value is -2.97. The molecule has 1 aliphatic heterocycles. The van der Waals surface area contributed by atoms with E-state index < -0.39 is 4.92 Å². The number of nitrogens with zero attached hydrogens (tertiary/aromatic N) is 6. The van der Waals surface area contributed by atoms with E-state index in [9.17, 15) is 10.1 Å². The molecule has 0 bridgehead atoms. The molecule has 3 aromatic rings. The lowest BCUT2D eigenvalue weighted by atomic mass is 10.2. The van der Waals surface area contributed by atoms with Gasteiger partial charge in [0.15, 0.2) is 5.82 Å². The summed E-state index contributed by atoms with van der Waals surface area (Å²) in [5.74, 6) is 0.560. The third kappa shape index (κ3) is 3.97. The van der Waals surface area contributed by atoms with Crippen molar-refractivity contribution in [3.8, 4) is 11.4 Å². The van der Waals surface area contributed by atoms with Crippen LogP contribution in [0.5, 0.6) is 0 Å². The Kier molecular flexibility index (Phi) is 5.23. The van der Waals surface area contributed by atoms with Crippen LogP contribution in [0.15, 0.2) is 54.9 Å². The van der Waals surface area contributed by atoms with Crippen molar-refractivity contribution in [2.75, 3.05) is 31.1 Å². The number of non-ortho nitro benzene ring substituents is 1. The first-order valence-corrected chi connectivity index (χ1v) is 9.34. The first-order chi connectivity index (χ1) is 13.6. The van der Waals surface area contributed by atoms with Gasteiger partial charge in [-0.2, -0.15) is 0 Å². The molecule has 28 heavy (non-hydrogen) atoms. The molecule has 0 amide bonds. The number of nitro groups is 1. The quantitative estimate of drug-likeness (QED) is 0.484. The lowest BCUT2D eigenvalue weighted by Crippen LogP contribution is -2.47. The van der Waals surface area contributed by atoms with Crippen LogP contribution in [0.3, 0.4) is 0 Å². The molecule has 0 unspecified atom stereocenters. The van der Waals surface area contributed by atoms with Crippen molar-refractivity contribution in [3.05, 3.63) is 70.0 Å². The molecule has 1 aliphatic rings. The van der Waals surface area contributed by atoms with E-state index in [1.165, 1.54) is 12.1 Å². The Balaban J connectivity index is 1.36. The molecule has 144 valence electrons. The number of anilines is 1. The van der Waals surface area contributed by atoms with Gasteiger partial charge in [-0.1, -0.05) is 23.7 Å². The number of rotatable bonds is 5. The SMILES string of the molecule is O=[N+]([O-])c1ccc(-c2ncn(CN3CCN(c4ccccc4Cl)CC3)n2)cc1. The molecular formula is C19H19ClN6O2. The summed E-state index contributed by atoms with van der Waals surface area (Å²) in [4.78, 5) is 19.3. The molecule has 0 N–H and O–H groups in total. The van der Waals surface area contributed by atoms with Crippen LogP contribution in [0.2, 0.25) is 5.02 Å². The maximum atomic E-state index is 10.8. The van der Waals surface area contributed by atoms with Crippen LogP contribution in [-0.4, -0.2) is 50.8 Å². The molecule has 0 saturated carbocycles. The van der Waals surface area contributed by atoms with Gasteiger partial charge < -0.3 is 4.90 Å². The minimum absolute atomic E-state index is 0.0552. The van der Waals surface area contributed by atoms with E-state index in [-0.39, 0.29) is 5.69 Å². The van der Waals surface area contributed by atoms with E-state index >= 15 is 0 Å². The van der Waals surface area contributed by atoms with E-state index in [0.717, 1.165) is 42.5 Å². The highest BCUT2D eigenvalue weighted by molar-refractivity contribution is 6.33. The van der Waals surface area contributed by atoms with Crippen molar-refractivity contribution in [3.63, 3.8) is 0 Å². The summed E-state index contributed by atoms with van der Waals surface area (Å²) in [6.45, 7) is 4.24. The van der Waals surface area contributed by atoms with Crippen molar-refractivity contribution in [2.45, 2.75) is 6.67 Å². The molecule has 0 radical (unpaired) electrons. The lowest BCUT2D eigenvalue weighted by Gasteiger charge is -2.36. The second-order valence-electron chi connectivity index (χ2n) is 6.61. The monoisotopic (exact) mass is 398 g/mol. The zero-order valence-corrected chi connectivity index (χ0v) is 15.9. The Morgan fingerprint density at radius 3 is 2.43 bits per heavy atom. The van der Waals surface area contributed by atoms with Gasteiger partial charge in [-0.3, -0.25) is 15.0 Å². The highest BCUT2D eigenvalue weighted by Gasteiger charge is 2.19. The van der Waals surface area contributed by atoms with E-state index in [2.05, 4.69) is 19.9 Å². The molecule has 1 fully saturated rings. The molecule has 1 saturated heterocycles. The van der Waals surface area contributed by atoms with E-state index in [4.69, 9.17) is 11.6 Å². The first-order valence-electron chi connectivity index (χ1n) is 8.96. The Labute approximate surface area is 167 Å². The number of para-hydroxylation sites is 1. The minimum atomic E-state index is -0.419. The smallest absolute Gasteiger partial charge is 0.269 e. The van der Waals surface area contributed by atoms with Crippen molar-refractivity contribution >= 4 is 23.0 Å². The Bertz CT molecular complexity index is 967. The predicted octanol–water partition coefficient (Wildman–Crippen LogP) is 3.29. The first kappa shape index (κ1) is 18.4. The van der Waals surface area contributed by atoms with Gasteiger partial charge >= 0.3 is 0 Å². The van der Waals surface area contributed by atoms with Gasteiger partial charge in [-0.15, -0.1) is 5.10 Å². The fraction of sp³-hybridized carbons (Fsp3) is 0.263. The largest absolute Gasteiger partial charge is 0.368 e. The molecule has 0 spiro atoms. The van der Waals surface area contributed by atoms with E-state index in [1.807, 2.05) is 24.3 Å². The molecular weight excluding hydrogens is 380 g/mol. The molecule has 2 aromatic carbocycles. The number of piperazine rings is 1. The van der Waals surface area contributed by atoms with E-state index in [1.54, 1.807) is 23.1 Å². The standard InChI is InChI=1S/C19H19ClN6O2/c20-17-3-1-2-4-18(17)24-11-9-23(10-12-24)14-25-13-21-19(22-25)15-5-7-16(8-6-15)26(27)28/h1-8,13H,9-12,14H2. The summed E-state index contributed by atoms with van der Waals surface area (Å²) in [6, 6.07) is 14.2.